The average Bonchev–Trinajstić information content (AvgIpc) is 2.86. The van der Waals surface area contributed by atoms with Crippen molar-refractivity contribution in [2.24, 2.45) is 5.92 Å². The quantitative estimate of drug-likeness (QED) is 0.890. The van der Waals surface area contributed by atoms with Crippen LogP contribution >= 0.6 is 11.3 Å². The number of likely N-dealkylation sites (tertiary alicyclic amines) is 1. The molecule has 17 heavy (non-hydrogen) atoms. The monoisotopic (exact) mass is 254 g/mol. The normalized spacial score (nSPS) is 20.7. The van der Waals surface area contributed by atoms with E-state index in [1.807, 2.05) is 13.1 Å². The lowest BCUT2D eigenvalue weighted by molar-refractivity contribution is 0.0702. The highest BCUT2D eigenvalue weighted by Gasteiger charge is 2.21. The molecule has 0 aliphatic carbocycles. The highest BCUT2D eigenvalue weighted by Crippen LogP contribution is 2.27. The molecule has 1 aliphatic rings. The second-order valence-corrected chi connectivity index (χ2v) is 5.80. The molecule has 0 bridgehead atoms. The minimum absolute atomic E-state index is 0.412. The minimum atomic E-state index is -0.838. The number of carboxylic acid groups (broad SMARTS) is 1. The molecule has 1 aromatic rings. The van der Waals surface area contributed by atoms with Crippen LogP contribution in [0.5, 0.6) is 0 Å². The number of nitrogens with zero attached hydrogens (tertiary/aromatic N) is 2. The molecule has 0 aromatic carbocycles. The summed E-state index contributed by atoms with van der Waals surface area (Å²) in [4.78, 5) is 15.7. The Morgan fingerprint density at radius 2 is 2.41 bits per heavy atom. The number of carboxylic acids is 1. The van der Waals surface area contributed by atoms with E-state index in [0.717, 1.165) is 18.1 Å². The summed E-state index contributed by atoms with van der Waals surface area (Å²) in [6, 6.07) is 3.58. The first-order valence-electron chi connectivity index (χ1n) is 5.79. The Morgan fingerprint density at radius 1 is 1.65 bits per heavy atom. The van der Waals surface area contributed by atoms with Gasteiger partial charge < -0.3 is 14.9 Å². The van der Waals surface area contributed by atoms with Gasteiger partial charge in [0.25, 0.3) is 0 Å². The standard InChI is InChI=1S/C12H18N2O2S/c1-13-6-5-9(7-13)8-14(2)11-4-3-10(17-11)12(15)16/h3-4,9H,5-8H2,1-2H3,(H,15,16). The number of aromatic carboxylic acids is 1. The van der Waals surface area contributed by atoms with Crippen molar-refractivity contribution < 1.29 is 9.90 Å². The maximum Gasteiger partial charge on any atom is 0.345 e. The van der Waals surface area contributed by atoms with E-state index in [0.29, 0.717) is 10.8 Å². The van der Waals surface area contributed by atoms with Gasteiger partial charge in [0.1, 0.15) is 4.88 Å². The Kier molecular flexibility index (Phi) is 3.69. The lowest BCUT2D eigenvalue weighted by Crippen LogP contribution is -2.26. The molecule has 0 spiro atoms. The van der Waals surface area contributed by atoms with Gasteiger partial charge in [-0.2, -0.15) is 0 Å². The molecule has 1 N–H and O–H groups in total. The molecule has 0 radical (unpaired) electrons. The molecule has 1 atom stereocenters. The molecule has 2 heterocycles. The summed E-state index contributed by atoms with van der Waals surface area (Å²) >= 11 is 1.35. The molecular formula is C12H18N2O2S. The summed E-state index contributed by atoms with van der Waals surface area (Å²) < 4.78 is 0. The second kappa shape index (κ2) is 5.06. The van der Waals surface area contributed by atoms with Crippen molar-refractivity contribution in [2.75, 3.05) is 38.6 Å². The van der Waals surface area contributed by atoms with Gasteiger partial charge in [-0.25, -0.2) is 4.79 Å². The molecule has 1 aromatic heterocycles. The van der Waals surface area contributed by atoms with Crippen molar-refractivity contribution in [2.45, 2.75) is 6.42 Å². The second-order valence-electron chi connectivity index (χ2n) is 4.74. The van der Waals surface area contributed by atoms with E-state index in [9.17, 15) is 4.79 Å². The molecule has 0 saturated carbocycles. The van der Waals surface area contributed by atoms with Crippen molar-refractivity contribution in [1.82, 2.24) is 4.90 Å². The Bertz CT molecular complexity index is 405. The van der Waals surface area contributed by atoms with Crippen LogP contribution in [0.25, 0.3) is 0 Å². The highest BCUT2D eigenvalue weighted by molar-refractivity contribution is 7.17. The van der Waals surface area contributed by atoms with Gasteiger partial charge in [-0.3, -0.25) is 0 Å². The summed E-state index contributed by atoms with van der Waals surface area (Å²) in [6.07, 6.45) is 1.23. The van der Waals surface area contributed by atoms with Gasteiger partial charge in [0.2, 0.25) is 0 Å². The van der Waals surface area contributed by atoms with Crippen LogP contribution < -0.4 is 4.90 Å². The third kappa shape index (κ3) is 2.98. The molecule has 1 aliphatic heterocycles. The number of hydrogen-bond acceptors (Lipinski definition) is 4. The zero-order valence-electron chi connectivity index (χ0n) is 10.2. The molecule has 1 saturated heterocycles. The Labute approximate surface area is 105 Å². The largest absolute Gasteiger partial charge is 0.477 e. The van der Waals surface area contributed by atoms with Gasteiger partial charge in [0.05, 0.1) is 5.00 Å². The van der Waals surface area contributed by atoms with E-state index in [1.165, 1.54) is 24.3 Å². The van der Waals surface area contributed by atoms with E-state index in [-0.39, 0.29) is 0 Å². The first-order valence-corrected chi connectivity index (χ1v) is 6.60. The van der Waals surface area contributed by atoms with Crippen LogP contribution in [0.4, 0.5) is 5.00 Å². The van der Waals surface area contributed by atoms with E-state index >= 15 is 0 Å². The van der Waals surface area contributed by atoms with Gasteiger partial charge >= 0.3 is 5.97 Å². The SMILES string of the molecule is CN1CCC(CN(C)c2ccc(C(=O)O)s2)C1. The molecule has 0 amide bonds. The zero-order chi connectivity index (χ0) is 12.4. The van der Waals surface area contributed by atoms with Crippen LogP contribution in [0.15, 0.2) is 12.1 Å². The molecule has 1 fully saturated rings. The number of rotatable bonds is 4. The van der Waals surface area contributed by atoms with Crippen LogP contribution in [0.1, 0.15) is 16.1 Å². The fourth-order valence-electron chi connectivity index (χ4n) is 2.30. The fraction of sp³-hybridized carbons (Fsp3) is 0.583. The van der Waals surface area contributed by atoms with Crippen molar-refractivity contribution >= 4 is 22.3 Å². The maximum absolute atomic E-state index is 10.8. The summed E-state index contributed by atoms with van der Waals surface area (Å²) in [7, 11) is 4.18. The van der Waals surface area contributed by atoms with E-state index in [1.54, 1.807) is 6.07 Å². The van der Waals surface area contributed by atoms with Crippen LogP contribution in [0, 0.1) is 5.92 Å². The van der Waals surface area contributed by atoms with Gasteiger partial charge in [-0.05, 0) is 38.1 Å². The van der Waals surface area contributed by atoms with Crippen LogP contribution in [-0.2, 0) is 0 Å². The molecule has 4 nitrogen and oxygen atoms in total. The Morgan fingerprint density at radius 3 is 2.94 bits per heavy atom. The number of hydrogen-bond donors (Lipinski definition) is 1. The molecule has 5 heteroatoms. The Balaban J connectivity index is 1.94. The third-order valence-electron chi connectivity index (χ3n) is 3.20. The minimum Gasteiger partial charge on any atom is -0.477 e. The van der Waals surface area contributed by atoms with Crippen LogP contribution in [0.2, 0.25) is 0 Å². The van der Waals surface area contributed by atoms with Crippen molar-refractivity contribution in [3.05, 3.63) is 17.0 Å². The lowest BCUT2D eigenvalue weighted by Gasteiger charge is -2.21. The highest BCUT2D eigenvalue weighted by atomic mass is 32.1. The van der Waals surface area contributed by atoms with E-state index < -0.39 is 5.97 Å². The number of thiophene rings is 1. The summed E-state index contributed by atoms with van der Waals surface area (Å²) in [6.45, 7) is 3.31. The number of anilines is 1. The van der Waals surface area contributed by atoms with E-state index in [2.05, 4.69) is 16.8 Å². The third-order valence-corrected chi connectivity index (χ3v) is 4.39. The first kappa shape index (κ1) is 12.4. The number of carbonyl (C=O) groups is 1. The summed E-state index contributed by atoms with van der Waals surface area (Å²) in [5.74, 6) is -0.143. The lowest BCUT2D eigenvalue weighted by atomic mass is 10.1. The van der Waals surface area contributed by atoms with Gasteiger partial charge in [-0.15, -0.1) is 11.3 Å². The van der Waals surface area contributed by atoms with Crippen molar-refractivity contribution in [1.29, 1.82) is 0 Å². The predicted octanol–water partition coefficient (Wildman–Crippen LogP) is 1.83. The topological polar surface area (TPSA) is 43.8 Å². The molecule has 94 valence electrons. The van der Waals surface area contributed by atoms with Gasteiger partial charge in [-0.1, -0.05) is 0 Å². The average molecular weight is 254 g/mol. The van der Waals surface area contributed by atoms with Gasteiger partial charge in [0, 0.05) is 20.1 Å². The van der Waals surface area contributed by atoms with Gasteiger partial charge in [0.15, 0.2) is 0 Å². The molecular weight excluding hydrogens is 236 g/mol. The van der Waals surface area contributed by atoms with E-state index in [4.69, 9.17) is 5.11 Å². The molecule has 1 unspecified atom stereocenters. The van der Waals surface area contributed by atoms with Crippen LogP contribution in [-0.4, -0.2) is 49.7 Å². The summed E-state index contributed by atoms with van der Waals surface area (Å²) in [5, 5.41) is 9.92. The van der Waals surface area contributed by atoms with Crippen LogP contribution in [0.3, 0.4) is 0 Å². The summed E-state index contributed by atoms with van der Waals surface area (Å²) in [5.41, 5.74) is 0. The Hall–Kier alpha value is -1.07. The molecule has 2 rings (SSSR count). The predicted molar refractivity (Wildman–Crippen MR) is 70.2 cm³/mol. The smallest absolute Gasteiger partial charge is 0.345 e. The first-order chi connectivity index (χ1) is 8.06. The van der Waals surface area contributed by atoms with Crippen molar-refractivity contribution in [3.63, 3.8) is 0 Å². The zero-order valence-corrected chi connectivity index (χ0v) is 11.0. The fourth-order valence-corrected chi connectivity index (χ4v) is 3.12. The maximum atomic E-state index is 10.8. The van der Waals surface area contributed by atoms with Crippen molar-refractivity contribution in [3.8, 4) is 0 Å².